The highest BCUT2D eigenvalue weighted by molar-refractivity contribution is 6.32. The number of aliphatic hydroxyl groups is 1. The van der Waals surface area contributed by atoms with E-state index in [9.17, 15) is 46.5 Å². The average Bonchev–Trinajstić information content (AvgIpc) is 3.34. The predicted octanol–water partition coefficient (Wildman–Crippen LogP) is 4.31. The summed E-state index contributed by atoms with van der Waals surface area (Å²) >= 11 is 12.0. The number of hydrogen-bond acceptors (Lipinski definition) is 8. The highest BCUT2D eigenvalue weighted by atomic mass is 35.5. The second-order valence-corrected chi connectivity index (χ2v) is 11.3. The van der Waals surface area contributed by atoms with Crippen molar-refractivity contribution in [1.29, 1.82) is 0 Å². The number of likely N-dealkylation sites (tertiary alicyclic amines) is 1. The van der Waals surface area contributed by atoms with Gasteiger partial charge in [-0.15, -0.1) is 0 Å². The molecule has 0 radical (unpaired) electrons. The number of carbonyl (C=O) groups excluding carboxylic acids is 2. The Labute approximate surface area is 263 Å². The number of amides is 1. The molecule has 4 rings (SSSR count). The maximum atomic E-state index is 12.9. The van der Waals surface area contributed by atoms with Crippen LogP contribution in [-0.2, 0) is 14.3 Å². The van der Waals surface area contributed by atoms with Crippen LogP contribution in [0.3, 0.4) is 0 Å². The molecule has 2 fully saturated rings. The molecule has 17 heteroatoms. The van der Waals surface area contributed by atoms with Gasteiger partial charge in [0.2, 0.25) is 6.10 Å². The van der Waals surface area contributed by atoms with Crippen molar-refractivity contribution in [3.05, 3.63) is 57.6 Å². The lowest BCUT2D eigenvalue weighted by Gasteiger charge is -2.34. The number of carboxylic acid groups (broad SMARTS) is 1. The van der Waals surface area contributed by atoms with E-state index in [0.717, 1.165) is 12.1 Å². The van der Waals surface area contributed by atoms with Crippen LogP contribution < -0.4 is 15.0 Å². The standard InChI is InChI=1S/C28H28Cl2F5N3O7/c29-15-3-1-14(2-4-15)25(40)37-7-5-16(6-8-37)36-19-11-38(12-21(19)39)20-10-22(44-13-23(31)32)18(30)9-17(20)24(26(41)42)45-27(43)28(33,34)35/h1-4,9-10,16,19,21,23-24,36,39H,5-8,11-13H2,(H,41,42). The minimum atomic E-state index is -5.51. The Hall–Kier alpha value is -3.40. The summed E-state index contributed by atoms with van der Waals surface area (Å²) in [6.07, 6.45) is -10.9. The van der Waals surface area contributed by atoms with Crippen LogP contribution in [0.5, 0.6) is 5.75 Å². The second-order valence-electron chi connectivity index (χ2n) is 10.5. The number of aliphatic carboxylic acids is 1. The van der Waals surface area contributed by atoms with Crippen molar-refractivity contribution < 1.29 is 56.0 Å². The molecule has 3 unspecified atom stereocenters. The number of carboxylic acids is 1. The maximum Gasteiger partial charge on any atom is 0.490 e. The van der Waals surface area contributed by atoms with Gasteiger partial charge in [-0.05, 0) is 43.2 Å². The molecule has 2 aliphatic heterocycles. The van der Waals surface area contributed by atoms with Gasteiger partial charge in [-0.2, -0.15) is 13.2 Å². The molecule has 2 aromatic rings. The summed E-state index contributed by atoms with van der Waals surface area (Å²) < 4.78 is 73.8. The number of benzene rings is 2. The van der Waals surface area contributed by atoms with Gasteiger partial charge in [0, 0.05) is 60.1 Å². The van der Waals surface area contributed by atoms with Gasteiger partial charge < -0.3 is 34.8 Å². The van der Waals surface area contributed by atoms with Crippen LogP contribution in [0.25, 0.3) is 0 Å². The number of β-amino-alcohol motifs (C(OH)–C–C–N with tert-alkyl or cyclic N) is 1. The summed E-state index contributed by atoms with van der Waals surface area (Å²) in [5, 5.41) is 23.9. The van der Waals surface area contributed by atoms with Gasteiger partial charge in [-0.3, -0.25) is 4.79 Å². The number of halogens is 7. The SMILES string of the molecule is O=C(O)C(OC(=O)C(F)(F)F)c1cc(Cl)c(OCC(F)F)cc1N1CC(O)C(NC2CCN(C(=O)c3ccc(Cl)cc3)CC2)C1. The lowest BCUT2D eigenvalue weighted by atomic mass is 10.0. The van der Waals surface area contributed by atoms with Crippen molar-refractivity contribution >= 4 is 46.7 Å². The fraction of sp³-hybridized carbons (Fsp3) is 0.464. The van der Waals surface area contributed by atoms with Crippen LogP contribution in [0.1, 0.15) is 34.9 Å². The third-order valence-corrected chi connectivity index (χ3v) is 7.91. The van der Waals surface area contributed by atoms with E-state index in [1.165, 1.54) is 4.90 Å². The van der Waals surface area contributed by atoms with Crippen molar-refractivity contribution in [2.75, 3.05) is 37.7 Å². The highest BCUT2D eigenvalue weighted by Crippen LogP contribution is 2.40. The molecule has 1 amide bonds. The number of esters is 1. The fourth-order valence-electron chi connectivity index (χ4n) is 5.20. The van der Waals surface area contributed by atoms with Crippen molar-refractivity contribution in [1.82, 2.24) is 10.2 Å². The number of nitrogens with zero attached hydrogens (tertiary/aromatic N) is 2. The molecule has 0 saturated carbocycles. The fourth-order valence-corrected chi connectivity index (χ4v) is 5.55. The van der Waals surface area contributed by atoms with Gasteiger partial charge >= 0.3 is 18.1 Å². The smallest absolute Gasteiger partial charge is 0.486 e. The summed E-state index contributed by atoms with van der Waals surface area (Å²) in [5.74, 6) is -5.21. The Balaban J connectivity index is 1.51. The van der Waals surface area contributed by atoms with Crippen LogP contribution in [-0.4, -0.2) is 96.5 Å². The first-order valence-corrected chi connectivity index (χ1v) is 14.4. The first-order valence-electron chi connectivity index (χ1n) is 13.6. The number of carbonyl (C=O) groups is 3. The van der Waals surface area contributed by atoms with Crippen LogP contribution in [0.4, 0.5) is 27.6 Å². The molecule has 2 heterocycles. The first kappa shape index (κ1) is 34.5. The predicted molar refractivity (Wildman–Crippen MR) is 151 cm³/mol. The Kier molecular flexibility index (Phi) is 11.0. The van der Waals surface area contributed by atoms with Crippen LogP contribution >= 0.6 is 23.2 Å². The topological polar surface area (TPSA) is 129 Å². The molecule has 0 spiro atoms. The third kappa shape index (κ3) is 8.66. The largest absolute Gasteiger partial charge is 0.490 e. The van der Waals surface area contributed by atoms with E-state index in [2.05, 4.69) is 10.1 Å². The Morgan fingerprint density at radius 2 is 1.69 bits per heavy atom. The van der Waals surface area contributed by atoms with Gasteiger partial charge in [0.05, 0.1) is 17.2 Å². The first-order chi connectivity index (χ1) is 21.1. The summed E-state index contributed by atoms with van der Waals surface area (Å²) in [7, 11) is 0. The minimum absolute atomic E-state index is 0.00639. The van der Waals surface area contributed by atoms with Crippen molar-refractivity contribution in [3.63, 3.8) is 0 Å². The van der Waals surface area contributed by atoms with E-state index >= 15 is 0 Å². The van der Waals surface area contributed by atoms with Gasteiger partial charge in [0.15, 0.2) is 0 Å². The summed E-state index contributed by atoms with van der Waals surface area (Å²) in [5.41, 5.74) is -0.155. The monoisotopic (exact) mass is 683 g/mol. The molecule has 0 aromatic heterocycles. The molecular weight excluding hydrogens is 656 g/mol. The minimum Gasteiger partial charge on any atom is -0.486 e. The summed E-state index contributed by atoms with van der Waals surface area (Å²) in [6.45, 7) is -0.414. The normalized spacial score (nSPS) is 19.9. The van der Waals surface area contributed by atoms with Gasteiger partial charge in [0.1, 0.15) is 12.4 Å². The summed E-state index contributed by atoms with van der Waals surface area (Å²) in [4.78, 5) is 39.5. The molecule has 45 heavy (non-hydrogen) atoms. The van der Waals surface area contributed by atoms with E-state index in [4.69, 9.17) is 27.9 Å². The maximum absolute atomic E-state index is 12.9. The van der Waals surface area contributed by atoms with Crippen molar-refractivity contribution in [2.45, 2.75) is 49.7 Å². The molecular formula is C28H28Cl2F5N3O7. The zero-order valence-electron chi connectivity index (χ0n) is 23.3. The zero-order valence-corrected chi connectivity index (χ0v) is 24.8. The summed E-state index contributed by atoms with van der Waals surface area (Å²) in [6, 6.07) is 7.66. The Bertz CT molecular complexity index is 1390. The van der Waals surface area contributed by atoms with Crippen LogP contribution in [0.2, 0.25) is 10.0 Å². The molecule has 0 aliphatic carbocycles. The third-order valence-electron chi connectivity index (χ3n) is 7.36. The van der Waals surface area contributed by atoms with E-state index in [0.29, 0.717) is 36.5 Å². The van der Waals surface area contributed by atoms with Crippen molar-refractivity contribution in [3.8, 4) is 5.75 Å². The van der Waals surface area contributed by atoms with E-state index in [-0.39, 0.29) is 36.5 Å². The molecule has 2 saturated heterocycles. The molecule has 2 aliphatic rings. The average molecular weight is 684 g/mol. The lowest BCUT2D eigenvalue weighted by Crippen LogP contribution is -2.50. The number of rotatable bonds is 10. The number of hydrogen-bond donors (Lipinski definition) is 3. The molecule has 0 bridgehead atoms. The zero-order chi connectivity index (χ0) is 33.1. The number of nitrogens with one attached hydrogen (secondary N) is 1. The van der Waals surface area contributed by atoms with Crippen molar-refractivity contribution in [2.24, 2.45) is 0 Å². The molecule has 3 atom stereocenters. The number of ether oxygens (including phenoxy) is 2. The molecule has 10 nitrogen and oxygen atoms in total. The molecule has 246 valence electrons. The van der Waals surface area contributed by atoms with Gasteiger partial charge in [-0.25, -0.2) is 18.4 Å². The van der Waals surface area contributed by atoms with Crippen LogP contribution in [0, 0.1) is 0 Å². The second kappa shape index (κ2) is 14.4. The lowest BCUT2D eigenvalue weighted by molar-refractivity contribution is -0.207. The number of anilines is 1. The van der Waals surface area contributed by atoms with E-state index in [1.807, 2.05) is 0 Å². The quantitative estimate of drug-likeness (QED) is 0.248. The Morgan fingerprint density at radius 1 is 1.04 bits per heavy atom. The van der Waals surface area contributed by atoms with Gasteiger partial charge in [-0.1, -0.05) is 23.2 Å². The molecule has 2 aromatic carbocycles. The number of piperidine rings is 1. The Morgan fingerprint density at radius 3 is 2.27 bits per heavy atom. The van der Waals surface area contributed by atoms with E-state index in [1.54, 1.807) is 29.2 Å². The van der Waals surface area contributed by atoms with E-state index < -0.39 is 60.0 Å². The number of alkyl halides is 5. The van der Waals surface area contributed by atoms with Gasteiger partial charge in [0.25, 0.3) is 12.3 Å². The highest BCUT2D eigenvalue weighted by Gasteiger charge is 2.45. The van der Waals surface area contributed by atoms with Crippen LogP contribution in [0.15, 0.2) is 36.4 Å². The number of aliphatic hydroxyl groups excluding tert-OH is 1. The molecule has 3 N–H and O–H groups in total.